The number of hydrogen-bond donors (Lipinski definition) is 2. The van der Waals surface area contributed by atoms with E-state index in [0.717, 1.165) is 11.1 Å². The van der Waals surface area contributed by atoms with E-state index in [4.69, 9.17) is 26.8 Å². The van der Waals surface area contributed by atoms with E-state index in [2.05, 4.69) is 5.32 Å². The van der Waals surface area contributed by atoms with Crippen LogP contribution in [0.2, 0.25) is 0 Å². The maximum absolute atomic E-state index is 13.2. The topological polar surface area (TPSA) is 76.8 Å². The molecule has 3 rings (SSSR count). The van der Waals surface area contributed by atoms with Gasteiger partial charge >= 0.3 is 0 Å². The minimum atomic E-state index is -1.57. The van der Waals surface area contributed by atoms with E-state index in [1.807, 2.05) is 19.1 Å². The number of nitrogens with zero attached hydrogens (tertiary/aromatic N) is 1. The molecular formula is C21H25ClFN3O3. The van der Waals surface area contributed by atoms with Gasteiger partial charge in [0.1, 0.15) is 17.5 Å². The van der Waals surface area contributed by atoms with Crippen LogP contribution in [0, 0.1) is 12.7 Å². The molecule has 0 bridgehead atoms. The van der Waals surface area contributed by atoms with Crippen LogP contribution in [0.25, 0.3) is 0 Å². The van der Waals surface area contributed by atoms with Gasteiger partial charge in [-0.3, -0.25) is 15.0 Å². The van der Waals surface area contributed by atoms with Gasteiger partial charge in [-0.2, -0.15) is 0 Å². The molecule has 2 aromatic rings. The van der Waals surface area contributed by atoms with Gasteiger partial charge < -0.3 is 15.2 Å². The van der Waals surface area contributed by atoms with Crippen LogP contribution in [0.1, 0.15) is 28.4 Å². The van der Waals surface area contributed by atoms with E-state index in [9.17, 15) is 9.18 Å². The van der Waals surface area contributed by atoms with Crippen molar-refractivity contribution in [1.29, 1.82) is 0 Å². The van der Waals surface area contributed by atoms with E-state index in [0.29, 0.717) is 12.1 Å². The molecule has 3 atom stereocenters. The van der Waals surface area contributed by atoms with Crippen molar-refractivity contribution >= 4 is 17.5 Å². The van der Waals surface area contributed by atoms with E-state index in [-0.39, 0.29) is 24.9 Å². The zero-order valence-corrected chi connectivity index (χ0v) is 17.2. The second-order valence-corrected chi connectivity index (χ2v) is 7.36. The molecule has 1 saturated heterocycles. The first-order valence-electron chi connectivity index (χ1n) is 9.42. The largest absolute Gasteiger partial charge is 0.331 e. The molecule has 156 valence electrons. The third kappa shape index (κ3) is 4.76. The number of carbonyl (C=O) groups is 1. The Bertz CT molecular complexity index is 851. The molecule has 1 aliphatic rings. The molecule has 0 saturated carbocycles. The summed E-state index contributed by atoms with van der Waals surface area (Å²) in [6, 6.07) is 13.3. The number of morpholine rings is 1. The maximum Gasteiger partial charge on any atom is 0.282 e. The highest BCUT2D eigenvalue weighted by atomic mass is 35.5. The number of benzene rings is 2. The van der Waals surface area contributed by atoms with Crippen LogP contribution in [0.15, 0.2) is 48.5 Å². The monoisotopic (exact) mass is 421 g/mol. The number of rotatable bonds is 6. The van der Waals surface area contributed by atoms with Gasteiger partial charge in [0, 0.05) is 18.7 Å². The number of nitrogens with two attached hydrogens (primary N) is 1. The van der Waals surface area contributed by atoms with Crippen LogP contribution in [0.4, 0.5) is 4.39 Å². The van der Waals surface area contributed by atoms with Gasteiger partial charge in [-0.05, 0) is 43.2 Å². The number of alkyl halides is 1. The van der Waals surface area contributed by atoms with Crippen LogP contribution in [-0.2, 0) is 16.0 Å². The lowest BCUT2D eigenvalue weighted by molar-refractivity contribution is -0.307. The molecule has 1 heterocycles. The first-order valence-corrected chi connectivity index (χ1v) is 9.86. The summed E-state index contributed by atoms with van der Waals surface area (Å²) >= 11 is 6.44. The Hall–Kier alpha value is -2.03. The maximum atomic E-state index is 13.2. The molecule has 8 heteroatoms. The lowest BCUT2D eigenvalue weighted by Crippen LogP contribution is -2.73. The highest BCUT2D eigenvalue weighted by Gasteiger charge is 2.50. The standard InChI is InChI=1S/C21H25ClFN3O3/c1-3-28-21(25-19(27)17-7-5-4-6-14(17)2)20(24)26(18(22)13-29-21)12-15-8-10-16(23)11-9-15/h4-11,18,20H,3,12-13,24H2,1-2H3,(H,25,27). The predicted octanol–water partition coefficient (Wildman–Crippen LogP) is 2.94. The second-order valence-electron chi connectivity index (χ2n) is 6.86. The van der Waals surface area contributed by atoms with Crippen molar-refractivity contribution in [2.75, 3.05) is 13.2 Å². The highest BCUT2D eigenvalue weighted by molar-refractivity contribution is 6.20. The number of aryl methyl sites for hydroxylation is 1. The Morgan fingerprint density at radius 1 is 1.34 bits per heavy atom. The number of amides is 1. The first kappa shape index (κ1) is 21.7. The third-order valence-corrected chi connectivity index (χ3v) is 5.23. The number of carbonyl (C=O) groups excluding carboxylic acids is 1. The zero-order chi connectivity index (χ0) is 21.0. The van der Waals surface area contributed by atoms with Crippen molar-refractivity contribution in [2.24, 2.45) is 5.73 Å². The van der Waals surface area contributed by atoms with Gasteiger partial charge in [-0.25, -0.2) is 4.39 Å². The predicted molar refractivity (Wildman–Crippen MR) is 109 cm³/mol. The van der Waals surface area contributed by atoms with Crippen molar-refractivity contribution in [3.63, 3.8) is 0 Å². The Balaban J connectivity index is 1.85. The van der Waals surface area contributed by atoms with Crippen molar-refractivity contribution in [3.05, 3.63) is 71.0 Å². The summed E-state index contributed by atoms with van der Waals surface area (Å²) in [5.74, 6) is -2.25. The molecule has 0 radical (unpaired) electrons. The zero-order valence-electron chi connectivity index (χ0n) is 16.4. The Morgan fingerprint density at radius 2 is 2.03 bits per heavy atom. The normalized spacial score (nSPS) is 25.0. The summed E-state index contributed by atoms with van der Waals surface area (Å²) in [6.07, 6.45) is -0.892. The molecule has 6 nitrogen and oxygen atoms in total. The fourth-order valence-corrected chi connectivity index (χ4v) is 3.56. The smallest absolute Gasteiger partial charge is 0.282 e. The summed E-state index contributed by atoms with van der Waals surface area (Å²) in [7, 11) is 0. The van der Waals surface area contributed by atoms with Gasteiger partial charge in [0.05, 0.1) is 6.61 Å². The van der Waals surface area contributed by atoms with Crippen LogP contribution in [0.3, 0.4) is 0 Å². The lowest BCUT2D eigenvalue weighted by Gasteiger charge is -2.49. The SMILES string of the molecule is CCOC1(NC(=O)c2ccccc2C)OCC(Cl)N(Cc2ccc(F)cc2)C1N. The Kier molecular flexibility index (Phi) is 6.87. The summed E-state index contributed by atoms with van der Waals surface area (Å²) in [5.41, 5.74) is 8.08. The average molecular weight is 422 g/mol. The van der Waals surface area contributed by atoms with Gasteiger partial charge in [0.15, 0.2) is 0 Å². The molecule has 0 aromatic heterocycles. The van der Waals surface area contributed by atoms with Gasteiger partial charge in [0.2, 0.25) is 0 Å². The van der Waals surface area contributed by atoms with Crippen molar-refractivity contribution in [1.82, 2.24) is 10.2 Å². The molecule has 1 amide bonds. The number of hydrogen-bond acceptors (Lipinski definition) is 5. The fourth-order valence-electron chi connectivity index (χ4n) is 3.31. The van der Waals surface area contributed by atoms with Crippen LogP contribution in [0.5, 0.6) is 0 Å². The van der Waals surface area contributed by atoms with E-state index < -0.39 is 17.6 Å². The quantitative estimate of drug-likeness (QED) is 0.426. The van der Waals surface area contributed by atoms with Gasteiger partial charge in [-0.15, -0.1) is 11.6 Å². The van der Waals surface area contributed by atoms with Crippen molar-refractivity contribution < 1.29 is 18.7 Å². The highest BCUT2D eigenvalue weighted by Crippen LogP contribution is 2.29. The molecule has 0 aliphatic carbocycles. The van der Waals surface area contributed by atoms with E-state index >= 15 is 0 Å². The summed E-state index contributed by atoms with van der Waals surface area (Å²) in [4.78, 5) is 14.7. The molecule has 2 aromatic carbocycles. The fraction of sp³-hybridized carbons (Fsp3) is 0.381. The van der Waals surface area contributed by atoms with Crippen molar-refractivity contribution in [2.45, 2.75) is 38.0 Å². The minimum Gasteiger partial charge on any atom is -0.331 e. The summed E-state index contributed by atoms with van der Waals surface area (Å²) in [5, 5.41) is 2.82. The lowest BCUT2D eigenvalue weighted by atomic mass is 10.1. The number of halogens is 2. The van der Waals surface area contributed by atoms with Crippen LogP contribution < -0.4 is 11.1 Å². The van der Waals surface area contributed by atoms with E-state index in [1.54, 1.807) is 36.1 Å². The van der Waals surface area contributed by atoms with Crippen LogP contribution in [-0.4, -0.2) is 41.6 Å². The minimum absolute atomic E-state index is 0.0878. The number of ether oxygens (including phenoxy) is 2. The average Bonchev–Trinajstić information content (AvgIpc) is 2.70. The molecular weight excluding hydrogens is 397 g/mol. The molecule has 3 unspecified atom stereocenters. The van der Waals surface area contributed by atoms with Crippen LogP contribution >= 0.6 is 11.6 Å². The molecule has 1 aliphatic heterocycles. The van der Waals surface area contributed by atoms with E-state index in [1.165, 1.54) is 12.1 Å². The van der Waals surface area contributed by atoms with Gasteiger partial charge in [0.25, 0.3) is 11.8 Å². The first-order chi connectivity index (χ1) is 13.9. The second kappa shape index (κ2) is 9.19. The molecule has 0 spiro atoms. The third-order valence-electron chi connectivity index (χ3n) is 4.86. The summed E-state index contributed by atoms with van der Waals surface area (Å²) in [6.45, 7) is 4.33. The molecule has 3 N–H and O–H groups in total. The number of nitrogens with one attached hydrogen (secondary N) is 1. The van der Waals surface area contributed by atoms with Crippen molar-refractivity contribution in [3.8, 4) is 0 Å². The van der Waals surface area contributed by atoms with Gasteiger partial charge in [-0.1, -0.05) is 30.3 Å². The summed E-state index contributed by atoms with van der Waals surface area (Å²) < 4.78 is 24.9. The molecule has 1 fully saturated rings. The Labute approximate surface area is 174 Å². The Morgan fingerprint density at radius 3 is 2.69 bits per heavy atom. The molecule has 29 heavy (non-hydrogen) atoms.